The van der Waals surface area contributed by atoms with Crippen LogP contribution < -0.4 is 11.1 Å². The molecule has 2 amide bonds. The topological polar surface area (TPSA) is 81.4 Å². The number of ether oxygens (including phenoxy) is 1. The maximum absolute atomic E-state index is 11.3. The van der Waals surface area contributed by atoms with Gasteiger partial charge in [-0.25, -0.2) is 4.79 Å². The SMILES string of the molecule is CC[C@](C)(NC(=O)OCC(C)C)C(N)=O. The predicted molar refractivity (Wildman–Crippen MR) is 57.2 cm³/mol. The van der Waals surface area contributed by atoms with E-state index in [1.54, 1.807) is 13.8 Å². The summed E-state index contributed by atoms with van der Waals surface area (Å²) in [5.74, 6) is -0.302. The van der Waals surface area contributed by atoms with Crippen molar-refractivity contribution < 1.29 is 14.3 Å². The highest BCUT2D eigenvalue weighted by Crippen LogP contribution is 2.08. The van der Waals surface area contributed by atoms with Crippen molar-refractivity contribution in [3.05, 3.63) is 0 Å². The molecule has 0 aromatic heterocycles. The quantitative estimate of drug-likeness (QED) is 0.720. The molecule has 0 aromatic carbocycles. The number of hydrogen-bond donors (Lipinski definition) is 2. The van der Waals surface area contributed by atoms with Gasteiger partial charge in [-0.05, 0) is 19.3 Å². The van der Waals surface area contributed by atoms with E-state index in [0.29, 0.717) is 13.0 Å². The van der Waals surface area contributed by atoms with Gasteiger partial charge >= 0.3 is 6.09 Å². The highest BCUT2D eigenvalue weighted by atomic mass is 16.5. The van der Waals surface area contributed by atoms with Crippen LogP contribution in [-0.4, -0.2) is 24.1 Å². The van der Waals surface area contributed by atoms with Crippen molar-refractivity contribution in [2.45, 2.75) is 39.7 Å². The van der Waals surface area contributed by atoms with Crippen molar-refractivity contribution >= 4 is 12.0 Å². The Morgan fingerprint density at radius 1 is 1.47 bits per heavy atom. The first kappa shape index (κ1) is 13.7. The number of amides is 2. The Hall–Kier alpha value is -1.26. The van der Waals surface area contributed by atoms with Crippen molar-refractivity contribution in [2.24, 2.45) is 11.7 Å². The van der Waals surface area contributed by atoms with E-state index in [2.05, 4.69) is 5.32 Å². The minimum Gasteiger partial charge on any atom is -0.449 e. The Bertz CT molecular complexity index is 241. The molecule has 0 saturated heterocycles. The molecule has 15 heavy (non-hydrogen) atoms. The van der Waals surface area contributed by atoms with Crippen molar-refractivity contribution in [2.75, 3.05) is 6.61 Å². The molecular weight excluding hydrogens is 196 g/mol. The van der Waals surface area contributed by atoms with E-state index >= 15 is 0 Å². The summed E-state index contributed by atoms with van der Waals surface area (Å²) < 4.78 is 4.89. The lowest BCUT2D eigenvalue weighted by atomic mass is 9.99. The number of rotatable bonds is 5. The number of alkyl carbamates (subject to hydrolysis) is 1. The third kappa shape index (κ3) is 4.67. The van der Waals surface area contributed by atoms with Gasteiger partial charge in [0.25, 0.3) is 0 Å². The average molecular weight is 216 g/mol. The molecule has 0 radical (unpaired) electrons. The standard InChI is InChI=1S/C10H20N2O3/c1-5-10(4,8(11)13)12-9(14)15-6-7(2)3/h7H,5-6H2,1-4H3,(H2,11,13)(H,12,14)/t10-/m0/s1. The monoisotopic (exact) mass is 216 g/mol. The molecular formula is C10H20N2O3. The lowest BCUT2D eigenvalue weighted by molar-refractivity contribution is -0.123. The summed E-state index contributed by atoms with van der Waals surface area (Å²) in [5.41, 5.74) is 4.14. The number of carbonyl (C=O) groups is 2. The molecule has 0 aliphatic heterocycles. The number of primary amides is 1. The van der Waals surface area contributed by atoms with Crippen molar-refractivity contribution in [3.63, 3.8) is 0 Å². The van der Waals surface area contributed by atoms with Crippen LogP contribution in [0.1, 0.15) is 34.1 Å². The van der Waals surface area contributed by atoms with E-state index in [1.807, 2.05) is 13.8 Å². The van der Waals surface area contributed by atoms with E-state index < -0.39 is 17.5 Å². The fourth-order valence-corrected chi connectivity index (χ4v) is 0.828. The first-order valence-electron chi connectivity index (χ1n) is 5.06. The summed E-state index contributed by atoms with van der Waals surface area (Å²) in [7, 11) is 0. The minimum atomic E-state index is -1.03. The zero-order valence-corrected chi connectivity index (χ0v) is 9.79. The largest absolute Gasteiger partial charge is 0.449 e. The maximum atomic E-state index is 11.3. The smallest absolute Gasteiger partial charge is 0.407 e. The Morgan fingerprint density at radius 3 is 2.33 bits per heavy atom. The van der Waals surface area contributed by atoms with Crippen LogP contribution >= 0.6 is 0 Å². The predicted octanol–water partition coefficient (Wildman–Crippen LogP) is 1.02. The number of nitrogens with two attached hydrogens (primary N) is 1. The molecule has 0 aliphatic carbocycles. The molecule has 88 valence electrons. The summed E-state index contributed by atoms with van der Waals surface area (Å²) in [6, 6.07) is 0. The van der Waals surface area contributed by atoms with Crippen LogP contribution in [0.5, 0.6) is 0 Å². The third-order valence-electron chi connectivity index (χ3n) is 2.18. The lowest BCUT2D eigenvalue weighted by Crippen LogP contribution is -2.55. The van der Waals surface area contributed by atoms with Crippen LogP contribution in [-0.2, 0) is 9.53 Å². The summed E-state index contributed by atoms with van der Waals surface area (Å²) in [6.07, 6.45) is -0.175. The lowest BCUT2D eigenvalue weighted by Gasteiger charge is -2.25. The van der Waals surface area contributed by atoms with E-state index in [0.717, 1.165) is 0 Å². The highest BCUT2D eigenvalue weighted by molar-refractivity contribution is 5.88. The summed E-state index contributed by atoms with van der Waals surface area (Å²) in [6.45, 7) is 7.53. The highest BCUT2D eigenvalue weighted by Gasteiger charge is 2.31. The van der Waals surface area contributed by atoms with Crippen LogP contribution in [0.25, 0.3) is 0 Å². The van der Waals surface area contributed by atoms with Gasteiger partial charge in [0.15, 0.2) is 0 Å². The van der Waals surface area contributed by atoms with Gasteiger partial charge in [0.1, 0.15) is 5.54 Å². The van der Waals surface area contributed by atoms with Gasteiger partial charge < -0.3 is 15.8 Å². The van der Waals surface area contributed by atoms with Crippen molar-refractivity contribution in [1.82, 2.24) is 5.32 Å². The van der Waals surface area contributed by atoms with Crippen LogP contribution in [0.3, 0.4) is 0 Å². The fourth-order valence-electron chi connectivity index (χ4n) is 0.828. The zero-order valence-electron chi connectivity index (χ0n) is 9.79. The van der Waals surface area contributed by atoms with E-state index in [-0.39, 0.29) is 5.92 Å². The molecule has 1 atom stereocenters. The number of nitrogens with one attached hydrogen (secondary N) is 1. The Morgan fingerprint density at radius 2 is 2.00 bits per heavy atom. The van der Waals surface area contributed by atoms with Crippen LogP contribution in [0.2, 0.25) is 0 Å². The van der Waals surface area contributed by atoms with E-state index in [4.69, 9.17) is 10.5 Å². The molecule has 5 heteroatoms. The number of hydrogen-bond acceptors (Lipinski definition) is 3. The number of carbonyl (C=O) groups excluding carboxylic acids is 2. The summed E-state index contributed by atoms with van der Waals surface area (Å²) >= 11 is 0. The second-order valence-corrected chi connectivity index (χ2v) is 4.17. The Labute approximate surface area is 90.4 Å². The maximum Gasteiger partial charge on any atom is 0.407 e. The molecule has 0 rings (SSSR count). The van der Waals surface area contributed by atoms with Crippen molar-refractivity contribution in [3.8, 4) is 0 Å². The van der Waals surface area contributed by atoms with Crippen LogP contribution in [0.4, 0.5) is 4.79 Å². The van der Waals surface area contributed by atoms with Gasteiger partial charge in [-0.2, -0.15) is 0 Å². The molecule has 0 saturated carbocycles. The summed E-state index contributed by atoms with van der Waals surface area (Å²) in [4.78, 5) is 22.4. The van der Waals surface area contributed by atoms with Crippen molar-refractivity contribution in [1.29, 1.82) is 0 Å². The normalized spacial score (nSPS) is 14.5. The van der Waals surface area contributed by atoms with Gasteiger partial charge in [0.05, 0.1) is 6.61 Å². The molecule has 0 bridgehead atoms. The van der Waals surface area contributed by atoms with Gasteiger partial charge in [0.2, 0.25) is 5.91 Å². The van der Waals surface area contributed by atoms with Gasteiger partial charge in [-0.3, -0.25) is 4.79 Å². The first-order chi connectivity index (χ1) is 6.81. The molecule has 3 N–H and O–H groups in total. The van der Waals surface area contributed by atoms with Gasteiger partial charge in [0, 0.05) is 0 Å². The van der Waals surface area contributed by atoms with E-state index in [9.17, 15) is 9.59 Å². The minimum absolute atomic E-state index is 0.261. The average Bonchev–Trinajstić information content (AvgIpc) is 2.14. The van der Waals surface area contributed by atoms with Crippen LogP contribution in [0, 0.1) is 5.92 Å². The second kappa shape index (κ2) is 5.58. The van der Waals surface area contributed by atoms with Gasteiger partial charge in [-0.15, -0.1) is 0 Å². The Kier molecular flexibility index (Phi) is 5.11. The molecule has 0 spiro atoms. The molecule has 0 unspecified atom stereocenters. The third-order valence-corrected chi connectivity index (χ3v) is 2.18. The zero-order chi connectivity index (χ0) is 12.1. The first-order valence-corrected chi connectivity index (χ1v) is 5.06. The molecule has 0 aromatic rings. The molecule has 0 fully saturated rings. The second-order valence-electron chi connectivity index (χ2n) is 4.17. The fraction of sp³-hybridized carbons (Fsp3) is 0.800. The van der Waals surface area contributed by atoms with Gasteiger partial charge in [-0.1, -0.05) is 20.8 Å². The molecule has 5 nitrogen and oxygen atoms in total. The Balaban J connectivity index is 4.19. The molecule has 0 heterocycles. The summed E-state index contributed by atoms with van der Waals surface area (Å²) in [5, 5.41) is 2.46. The van der Waals surface area contributed by atoms with Crippen LogP contribution in [0.15, 0.2) is 0 Å². The van der Waals surface area contributed by atoms with E-state index in [1.165, 1.54) is 0 Å². The molecule has 0 aliphatic rings.